The average Bonchev–Trinajstić information content (AvgIpc) is 2.61. The van der Waals surface area contributed by atoms with Gasteiger partial charge in [0.15, 0.2) is 0 Å². The second-order valence-corrected chi connectivity index (χ2v) is 6.44. The third-order valence-corrected chi connectivity index (χ3v) is 4.65. The molecule has 2 fully saturated rings. The fourth-order valence-electron chi connectivity index (χ4n) is 3.26. The summed E-state index contributed by atoms with van der Waals surface area (Å²) in [6, 6.07) is 7.18. The van der Waals surface area contributed by atoms with Gasteiger partial charge in [0.05, 0.1) is 18.8 Å². The predicted octanol–water partition coefficient (Wildman–Crippen LogP) is 2.46. The van der Waals surface area contributed by atoms with Gasteiger partial charge in [-0.1, -0.05) is 6.07 Å². The number of likely N-dealkylation sites (tertiary alicyclic amines) is 1. The van der Waals surface area contributed by atoms with Crippen LogP contribution < -0.4 is 5.73 Å². The smallest absolute Gasteiger partial charge is 0.253 e. The van der Waals surface area contributed by atoms with Crippen molar-refractivity contribution in [2.45, 2.75) is 44.3 Å². The number of ether oxygens (including phenoxy) is 2. The summed E-state index contributed by atoms with van der Waals surface area (Å²) in [5.74, 6) is 0.0614. The Morgan fingerprint density at radius 3 is 2.78 bits per heavy atom. The normalized spacial score (nSPS) is 23.0. The molecule has 5 heteroatoms. The van der Waals surface area contributed by atoms with Gasteiger partial charge < -0.3 is 20.1 Å². The van der Waals surface area contributed by atoms with E-state index in [1.165, 1.54) is 12.8 Å². The summed E-state index contributed by atoms with van der Waals surface area (Å²) < 4.78 is 11.7. The second kappa shape index (κ2) is 7.79. The first kappa shape index (κ1) is 16.3. The van der Waals surface area contributed by atoms with Crippen LogP contribution in [-0.2, 0) is 9.47 Å². The van der Waals surface area contributed by atoms with Gasteiger partial charge in [0.1, 0.15) is 0 Å². The maximum atomic E-state index is 12.5. The van der Waals surface area contributed by atoms with E-state index >= 15 is 0 Å². The lowest BCUT2D eigenvalue weighted by Gasteiger charge is -2.33. The maximum absolute atomic E-state index is 12.5. The first-order chi connectivity index (χ1) is 11.2. The first-order valence-corrected chi connectivity index (χ1v) is 8.60. The van der Waals surface area contributed by atoms with E-state index in [4.69, 9.17) is 15.2 Å². The molecule has 1 amide bonds. The molecule has 0 aliphatic carbocycles. The Morgan fingerprint density at radius 1 is 1.26 bits per heavy atom. The van der Waals surface area contributed by atoms with E-state index in [1.807, 2.05) is 17.0 Å². The number of hydrogen-bond acceptors (Lipinski definition) is 4. The molecule has 2 N–H and O–H groups in total. The predicted molar refractivity (Wildman–Crippen MR) is 89.3 cm³/mol. The van der Waals surface area contributed by atoms with Gasteiger partial charge in [-0.15, -0.1) is 0 Å². The number of benzene rings is 1. The SMILES string of the molecule is Nc1cccc(C(=O)N2CCC(OCC3CCCCO3)CC2)c1. The molecule has 2 saturated heterocycles. The van der Waals surface area contributed by atoms with Crippen molar-refractivity contribution in [3.8, 4) is 0 Å². The first-order valence-electron chi connectivity index (χ1n) is 8.60. The zero-order valence-electron chi connectivity index (χ0n) is 13.6. The molecule has 5 nitrogen and oxygen atoms in total. The average molecular weight is 318 g/mol. The lowest BCUT2D eigenvalue weighted by Crippen LogP contribution is -2.41. The molecule has 1 unspecified atom stereocenters. The van der Waals surface area contributed by atoms with E-state index < -0.39 is 0 Å². The van der Waals surface area contributed by atoms with Crippen LogP contribution in [0.15, 0.2) is 24.3 Å². The molecular formula is C18H26N2O3. The van der Waals surface area contributed by atoms with Crippen molar-refractivity contribution in [1.82, 2.24) is 4.90 Å². The number of carbonyl (C=O) groups is 1. The summed E-state index contributed by atoms with van der Waals surface area (Å²) in [4.78, 5) is 14.4. The Kier molecular flexibility index (Phi) is 5.51. The highest BCUT2D eigenvalue weighted by atomic mass is 16.5. The van der Waals surface area contributed by atoms with Gasteiger partial charge in [0.25, 0.3) is 5.91 Å². The van der Waals surface area contributed by atoms with Crippen LogP contribution in [0.2, 0.25) is 0 Å². The van der Waals surface area contributed by atoms with E-state index in [0.717, 1.165) is 39.0 Å². The molecule has 3 rings (SSSR count). The third-order valence-electron chi connectivity index (χ3n) is 4.65. The Bertz CT molecular complexity index is 521. The molecule has 2 heterocycles. The maximum Gasteiger partial charge on any atom is 0.253 e. The number of anilines is 1. The Balaban J connectivity index is 1.43. The van der Waals surface area contributed by atoms with Gasteiger partial charge in [-0.25, -0.2) is 0 Å². The molecular weight excluding hydrogens is 292 g/mol. The van der Waals surface area contributed by atoms with Gasteiger partial charge >= 0.3 is 0 Å². The number of amides is 1. The van der Waals surface area contributed by atoms with Crippen LogP contribution in [0.3, 0.4) is 0 Å². The number of nitrogen functional groups attached to an aromatic ring is 1. The van der Waals surface area contributed by atoms with Gasteiger partial charge in [-0.3, -0.25) is 4.79 Å². The van der Waals surface area contributed by atoms with Gasteiger partial charge in [-0.2, -0.15) is 0 Å². The fraction of sp³-hybridized carbons (Fsp3) is 0.611. The molecule has 1 atom stereocenters. The molecule has 0 bridgehead atoms. The van der Waals surface area contributed by atoms with Gasteiger partial charge in [0, 0.05) is 30.9 Å². The van der Waals surface area contributed by atoms with Crippen molar-refractivity contribution in [2.75, 3.05) is 32.0 Å². The highest BCUT2D eigenvalue weighted by Crippen LogP contribution is 2.19. The van der Waals surface area contributed by atoms with E-state index in [0.29, 0.717) is 17.9 Å². The van der Waals surface area contributed by atoms with E-state index in [2.05, 4.69) is 0 Å². The van der Waals surface area contributed by atoms with Crippen molar-refractivity contribution in [1.29, 1.82) is 0 Å². The second-order valence-electron chi connectivity index (χ2n) is 6.44. The fourth-order valence-corrected chi connectivity index (χ4v) is 3.26. The standard InChI is InChI=1S/C18H26N2O3/c19-15-5-3-4-14(12-15)18(21)20-9-7-16(8-10-20)23-13-17-6-1-2-11-22-17/h3-5,12,16-17H,1-2,6-11,13,19H2. The quantitative estimate of drug-likeness (QED) is 0.866. The zero-order valence-corrected chi connectivity index (χ0v) is 13.6. The van der Waals surface area contributed by atoms with Crippen LogP contribution in [0.1, 0.15) is 42.5 Å². The lowest BCUT2D eigenvalue weighted by atomic mass is 10.1. The number of carbonyl (C=O) groups excluding carboxylic acids is 1. The highest BCUT2D eigenvalue weighted by molar-refractivity contribution is 5.95. The molecule has 0 saturated carbocycles. The summed E-state index contributed by atoms with van der Waals surface area (Å²) in [5, 5.41) is 0. The minimum Gasteiger partial charge on any atom is -0.399 e. The minimum absolute atomic E-state index is 0.0614. The van der Waals surface area contributed by atoms with Crippen molar-refractivity contribution in [3.63, 3.8) is 0 Å². The van der Waals surface area contributed by atoms with Crippen LogP contribution in [0.5, 0.6) is 0 Å². The molecule has 1 aromatic carbocycles. The molecule has 126 valence electrons. The molecule has 2 aliphatic rings. The topological polar surface area (TPSA) is 64.8 Å². The Hall–Kier alpha value is -1.59. The molecule has 1 aromatic rings. The number of hydrogen-bond donors (Lipinski definition) is 1. The Labute approximate surface area is 137 Å². The van der Waals surface area contributed by atoms with Crippen LogP contribution in [0.4, 0.5) is 5.69 Å². The zero-order chi connectivity index (χ0) is 16.1. The monoisotopic (exact) mass is 318 g/mol. The Morgan fingerprint density at radius 2 is 2.09 bits per heavy atom. The van der Waals surface area contributed by atoms with Crippen LogP contribution in [-0.4, -0.2) is 49.3 Å². The molecule has 23 heavy (non-hydrogen) atoms. The molecule has 0 radical (unpaired) electrons. The van der Waals surface area contributed by atoms with Crippen LogP contribution >= 0.6 is 0 Å². The van der Waals surface area contributed by atoms with Crippen molar-refractivity contribution >= 4 is 11.6 Å². The minimum atomic E-state index is 0.0614. The number of nitrogens with zero attached hydrogens (tertiary/aromatic N) is 1. The molecule has 2 aliphatic heterocycles. The lowest BCUT2D eigenvalue weighted by molar-refractivity contribution is -0.0733. The van der Waals surface area contributed by atoms with E-state index in [9.17, 15) is 4.79 Å². The largest absolute Gasteiger partial charge is 0.399 e. The van der Waals surface area contributed by atoms with Gasteiger partial charge in [-0.05, 0) is 50.3 Å². The number of nitrogens with two attached hydrogens (primary N) is 1. The highest BCUT2D eigenvalue weighted by Gasteiger charge is 2.25. The molecule has 0 spiro atoms. The number of piperidine rings is 1. The molecule has 0 aromatic heterocycles. The third kappa shape index (κ3) is 4.45. The van der Waals surface area contributed by atoms with Crippen molar-refractivity contribution in [2.24, 2.45) is 0 Å². The summed E-state index contributed by atoms with van der Waals surface area (Å²) in [6.07, 6.45) is 5.79. The number of rotatable bonds is 4. The van der Waals surface area contributed by atoms with Crippen LogP contribution in [0, 0.1) is 0 Å². The van der Waals surface area contributed by atoms with Crippen molar-refractivity contribution < 1.29 is 14.3 Å². The summed E-state index contributed by atoms with van der Waals surface area (Å²) in [6.45, 7) is 3.03. The van der Waals surface area contributed by atoms with Crippen molar-refractivity contribution in [3.05, 3.63) is 29.8 Å². The van der Waals surface area contributed by atoms with E-state index in [1.54, 1.807) is 12.1 Å². The van der Waals surface area contributed by atoms with Gasteiger partial charge in [0.2, 0.25) is 0 Å². The van der Waals surface area contributed by atoms with Crippen LogP contribution in [0.25, 0.3) is 0 Å². The summed E-state index contributed by atoms with van der Waals surface area (Å²) >= 11 is 0. The summed E-state index contributed by atoms with van der Waals surface area (Å²) in [7, 11) is 0. The summed E-state index contributed by atoms with van der Waals surface area (Å²) in [5.41, 5.74) is 7.05. The van der Waals surface area contributed by atoms with E-state index in [-0.39, 0.29) is 18.1 Å².